The fourth-order valence-electron chi connectivity index (χ4n) is 3.03. The van der Waals surface area contributed by atoms with Crippen molar-refractivity contribution >= 4 is 35.9 Å². The van der Waals surface area contributed by atoms with Crippen LogP contribution in [-0.4, -0.2) is 24.8 Å². The van der Waals surface area contributed by atoms with E-state index in [0.29, 0.717) is 5.56 Å². The van der Waals surface area contributed by atoms with E-state index in [9.17, 15) is 4.79 Å². The summed E-state index contributed by atoms with van der Waals surface area (Å²) in [5.41, 5.74) is 4.69. The Morgan fingerprint density at radius 1 is 0.862 bits per heavy atom. The molecule has 3 aromatic carbocycles. The zero-order chi connectivity index (χ0) is 19.2. The first-order chi connectivity index (χ1) is 13.8. The summed E-state index contributed by atoms with van der Waals surface area (Å²) in [4.78, 5) is 16.8. The number of carbonyl (C=O) groups is 1. The molecule has 1 amide bonds. The van der Waals surface area contributed by atoms with E-state index >= 15 is 0 Å². The second-order valence-electron chi connectivity index (χ2n) is 6.55. The number of nitrogens with zero attached hydrogens (tertiary/aromatic N) is 1. The molecule has 1 aliphatic heterocycles. The van der Waals surface area contributed by atoms with Crippen molar-refractivity contribution in [1.29, 1.82) is 0 Å². The van der Waals surface area contributed by atoms with Crippen molar-refractivity contribution in [3.05, 3.63) is 96.1 Å². The molecule has 0 saturated heterocycles. The monoisotopic (exact) mass is 403 g/mol. The first-order valence-electron chi connectivity index (χ1n) is 9.31. The van der Waals surface area contributed by atoms with E-state index in [-0.39, 0.29) is 18.3 Å². The lowest BCUT2D eigenvalue weighted by molar-refractivity contribution is 0.102. The van der Waals surface area contributed by atoms with Gasteiger partial charge in [-0.05, 0) is 47.0 Å². The Balaban J connectivity index is 0.00000240. The van der Waals surface area contributed by atoms with Gasteiger partial charge >= 0.3 is 0 Å². The molecule has 0 aliphatic carbocycles. The number of aliphatic imine (C=N–C) groups is 1. The highest BCUT2D eigenvalue weighted by atomic mass is 35.5. The maximum Gasteiger partial charge on any atom is 0.255 e. The van der Waals surface area contributed by atoms with Crippen molar-refractivity contribution in [1.82, 2.24) is 5.32 Å². The highest BCUT2D eigenvalue weighted by Gasteiger charge is 2.07. The fourth-order valence-corrected chi connectivity index (χ4v) is 3.03. The van der Waals surface area contributed by atoms with Crippen molar-refractivity contribution in [3.8, 4) is 11.1 Å². The second kappa shape index (κ2) is 9.71. The predicted molar refractivity (Wildman–Crippen MR) is 123 cm³/mol. The van der Waals surface area contributed by atoms with Crippen LogP contribution in [0.3, 0.4) is 0 Å². The quantitative estimate of drug-likeness (QED) is 0.626. The standard InChI is InChI=1S/C24H21N3O.ClH/c28-24(21-11-9-20(10-12-21)19-4-2-1-3-5-19)27-22-13-6-18(7-14-22)8-15-23-25-16-17-26-23;/h1-15H,16-17H2,(H,25,26)(H,27,28);1H/b15-8+;. The Morgan fingerprint density at radius 3 is 2.21 bits per heavy atom. The average Bonchev–Trinajstić information content (AvgIpc) is 3.28. The largest absolute Gasteiger partial charge is 0.369 e. The molecular weight excluding hydrogens is 382 g/mol. The van der Waals surface area contributed by atoms with E-state index in [1.165, 1.54) is 0 Å². The molecule has 0 fully saturated rings. The lowest BCUT2D eigenvalue weighted by atomic mass is 10.0. The molecule has 0 radical (unpaired) electrons. The van der Waals surface area contributed by atoms with Crippen LogP contribution in [0, 0.1) is 0 Å². The number of amides is 1. The zero-order valence-corrected chi connectivity index (χ0v) is 16.7. The molecule has 2 N–H and O–H groups in total. The summed E-state index contributed by atoms with van der Waals surface area (Å²) in [6.45, 7) is 1.73. The smallest absolute Gasteiger partial charge is 0.255 e. The molecule has 4 nitrogen and oxygen atoms in total. The number of nitrogens with one attached hydrogen (secondary N) is 2. The van der Waals surface area contributed by atoms with Crippen molar-refractivity contribution in [2.75, 3.05) is 18.4 Å². The number of hydrogen-bond acceptors (Lipinski definition) is 3. The summed E-state index contributed by atoms with van der Waals surface area (Å²) in [6, 6.07) is 25.5. The molecule has 0 saturated carbocycles. The number of hydrogen-bond donors (Lipinski definition) is 2. The minimum atomic E-state index is -0.118. The first kappa shape index (κ1) is 20.4. The molecule has 29 heavy (non-hydrogen) atoms. The van der Waals surface area contributed by atoms with E-state index < -0.39 is 0 Å². The van der Waals surface area contributed by atoms with Crippen LogP contribution in [0.1, 0.15) is 15.9 Å². The van der Waals surface area contributed by atoms with E-state index in [1.54, 1.807) is 0 Å². The predicted octanol–water partition coefficient (Wildman–Crippen LogP) is 5.04. The fraction of sp³-hybridized carbons (Fsp3) is 0.0833. The summed E-state index contributed by atoms with van der Waals surface area (Å²) in [7, 11) is 0. The van der Waals surface area contributed by atoms with Gasteiger partial charge in [-0.2, -0.15) is 0 Å². The molecule has 0 bridgehead atoms. The van der Waals surface area contributed by atoms with Gasteiger partial charge in [-0.25, -0.2) is 0 Å². The van der Waals surface area contributed by atoms with Gasteiger partial charge in [0.15, 0.2) is 0 Å². The van der Waals surface area contributed by atoms with Gasteiger partial charge in [0.05, 0.1) is 6.54 Å². The minimum absolute atomic E-state index is 0. The Bertz CT molecular complexity index is 1010. The maximum atomic E-state index is 12.5. The Labute approximate surface area is 176 Å². The maximum absolute atomic E-state index is 12.5. The molecule has 1 heterocycles. The number of halogens is 1. The van der Waals surface area contributed by atoms with Crippen molar-refractivity contribution in [3.63, 3.8) is 0 Å². The van der Waals surface area contributed by atoms with Gasteiger partial charge in [-0.15, -0.1) is 12.4 Å². The lowest BCUT2D eigenvalue weighted by Gasteiger charge is -2.07. The molecule has 0 aromatic heterocycles. The molecule has 1 aliphatic rings. The topological polar surface area (TPSA) is 53.5 Å². The van der Waals surface area contributed by atoms with Gasteiger partial charge in [0.2, 0.25) is 0 Å². The molecule has 0 spiro atoms. The molecule has 3 aromatic rings. The van der Waals surface area contributed by atoms with E-state index in [0.717, 1.165) is 41.3 Å². The van der Waals surface area contributed by atoms with Crippen LogP contribution in [0.25, 0.3) is 17.2 Å². The first-order valence-corrected chi connectivity index (χ1v) is 9.31. The molecule has 0 unspecified atom stereocenters. The van der Waals surface area contributed by atoms with Crippen LogP contribution >= 0.6 is 12.4 Å². The second-order valence-corrected chi connectivity index (χ2v) is 6.55. The summed E-state index contributed by atoms with van der Waals surface area (Å²) in [5.74, 6) is 0.795. The molecule has 4 rings (SSSR count). The highest BCUT2D eigenvalue weighted by Crippen LogP contribution is 2.20. The van der Waals surface area contributed by atoms with E-state index in [1.807, 2.05) is 78.9 Å². The van der Waals surface area contributed by atoms with E-state index in [4.69, 9.17) is 0 Å². The van der Waals surface area contributed by atoms with Gasteiger partial charge in [-0.1, -0.05) is 60.7 Å². The number of benzene rings is 3. The summed E-state index contributed by atoms with van der Waals surface area (Å²) in [5, 5.41) is 6.15. The Hall–Kier alpha value is -3.37. The van der Waals surface area contributed by atoms with E-state index in [2.05, 4.69) is 27.8 Å². The van der Waals surface area contributed by atoms with Crippen LogP contribution in [-0.2, 0) is 0 Å². The van der Waals surface area contributed by atoms with Gasteiger partial charge in [0.25, 0.3) is 5.91 Å². The third-order valence-corrected chi connectivity index (χ3v) is 4.56. The average molecular weight is 404 g/mol. The van der Waals surface area contributed by atoms with Gasteiger partial charge in [0.1, 0.15) is 5.84 Å². The number of carbonyl (C=O) groups excluding carboxylic acids is 1. The Morgan fingerprint density at radius 2 is 1.55 bits per heavy atom. The van der Waals surface area contributed by atoms with Crippen molar-refractivity contribution in [2.24, 2.45) is 4.99 Å². The van der Waals surface area contributed by atoms with Crippen LogP contribution in [0.2, 0.25) is 0 Å². The molecule has 5 heteroatoms. The third-order valence-electron chi connectivity index (χ3n) is 4.56. The number of rotatable bonds is 5. The summed E-state index contributed by atoms with van der Waals surface area (Å²) >= 11 is 0. The SMILES string of the molecule is Cl.O=C(Nc1ccc(/C=C/C2=NCCN2)cc1)c1ccc(-c2ccccc2)cc1. The summed E-state index contributed by atoms with van der Waals surface area (Å²) in [6.07, 6.45) is 3.97. The zero-order valence-electron chi connectivity index (χ0n) is 15.8. The normalized spacial score (nSPS) is 12.8. The molecule has 146 valence electrons. The van der Waals surface area contributed by atoms with Crippen LogP contribution in [0.4, 0.5) is 5.69 Å². The van der Waals surface area contributed by atoms with Crippen LogP contribution in [0.5, 0.6) is 0 Å². The lowest BCUT2D eigenvalue weighted by Crippen LogP contribution is -2.15. The highest BCUT2D eigenvalue weighted by molar-refractivity contribution is 6.04. The van der Waals surface area contributed by atoms with Crippen LogP contribution < -0.4 is 10.6 Å². The Kier molecular flexibility index (Phi) is 6.82. The molecule has 0 atom stereocenters. The minimum Gasteiger partial charge on any atom is -0.369 e. The van der Waals surface area contributed by atoms with Crippen LogP contribution in [0.15, 0.2) is 89.9 Å². The molecular formula is C24H22ClN3O. The van der Waals surface area contributed by atoms with Crippen molar-refractivity contribution < 1.29 is 4.79 Å². The van der Waals surface area contributed by atoms with Crippen molar-refractivity contribution in [2.45, 2.75) is 0 Å². The van der Waals surface area contributed by atoms with Gasteiger partial charge < -0.3 is 10.6 Å². The number of amidine groups is 1. The third kappa shape index (κ3) is 5.33. The van der Waals surface area contributed by atoms with Gasteiger partial charge in [0, 0.05) is 17.8 Å². The number of anilines is 1. The summed E-state index contributed by atoms with van der Waals surface area (Å²) < 4.78 is 0. The van der Waals surface area contributed by atoms with Gasteiger partial charge in [-0.3, -0.25) is 9.79 Å².